The fourth-order valence-corrected chi connectivity index (χ4v) is 2.86. The van der Waals surface area contributed by atoms with Gasteiger partial charge < -0.3 is 15.7 Å². The van der Waals surface area contributed by atoms with Crippen LogP contribution in [-0.2, 0) is 13.1 Å². The van der Waals surface area contributed by atoms with E-state index in [1.165, 1.54) is 5.56 Å². The number of rotatable bonds is 9. The van der Waals surface area contributed by atoms with E-state index >= 15 is 0 Å². The zero-order chi connectivity index (χ0) is 17.5. The lowest BCUT2D eigenvalue weighted by atomic mass is 10.0. The molecule has 0 radical (unpaired) electrons. The van der Waals surface area contributed by atoms with Gasteiger partial charge in [-0.25, -0.2) is 0 Å². The molecule has 0 aliphatic carbocycles. The Kier molecular flexibility index (Phi) is 6.82. The van der Waals surface area contributed by atoms with Crippen LogP contribution in [0.3, 0.4) is 0 Å². The van der Waals surface area contributed by atoms with E-state index in [1.807, 2.05) is 17.7 Å². The number of anilines is 1. The summed E-state index contributed by atoms with van der Waals surface area (Å²) in [7, 11) is 0. The Bertz CT molecular complexity index is 622. The Morgan fingerprint density at radius 1 is 1.17 bits per heavy atom. The summed E-state index contributed by atoms with van der Waals surface area (Å²) in [5, 5.41) is 20.8. The molecule has 0 spiro atoms. The summed E-state index contributed by atoms with van der Waals surface area (Å²) >= 11 is 0. The monoisotopic (exact) mass is 330 g/mol. The minimum absolute atomic E-state index is 0.116. The number of hydrogen-bond acceptors (Lipinski definition) is 4. The van der Waals surface area contributed by atoms with E-state index in [4.69, 9.17) is 5.11 Å². The first-order valence-electron chi connectivity index (χ1n) is 8.69. The number of para-hydroxylation sites is 1. The van der Waals surface area contributed by atoms with E-state index in [-0.39, 0.29) is 6.61 Å². The van der Waals surface area contributed by atoms with Crippen molar-refractivity contribution in [2.75, 3.05) is 18.5 Å². The number of nitrogens with zero attached hydrogens (tertiary/aromatic N) is 2. The van der Waals surface area contributed by atoms with Gasteiger partial charge in [0, 0.05) is 36.1 Å². The molecule has 1 aromatic heterocycles. The number of aliphatic hydroxyl groups excluding tert-OH is 1. The van der Waals surface area contributed by atoms with Crippen molar-refractivity contribution in [3.8, 4) is 0 Å². The van der Waals surface area contributed by atoms with Crippen LogP contribution in [0, 0.1) is 19.8 Å². The SMILES string of the molecule is Cc1nn(CCO)c(C)c1CNCC(Nc1ccccc1)C(C)C. The zero-order valence-corrected chi connectivity index (χ0v) is 15.2. The second kappa shape index (κ2) is 8.85. The van der Waals surface area contributed by atoms with Crippen molar-refractivity contribution in [3.63, 3.8) is 0 Å². The maximum Gasteiger partial charge on any atom is 0.0644 e. The van der Waals surface area contributed by atoms with E-state index in [0.717, 1.165) is 30.2 Å². The Balaban J connectivity index is 1.93. The summed E-state index contributed by atoms with van der Waals surface area (Å²) in [4.78, 5) is 0. The van der Waals surface area contributed by atoms with Gasteiger partial charge in [0.15, 0.2) is 0 Å². The summed E-state index contributed by atoms with van der Waals surface area (Å²) in [6.07, 6.45) is 0. The quantitative estimate of drug-likeness (QED) is 0.661. The van der Waals surface area contributed by atoms with E-state index in [0.29, 0.717) is 18.5 Å². The molecular weight excluding hydrogens is 300 g/mol. The van der Waals surface area contributed by atoms with Crippen molar-refractivity contribution in [1.82, 2.24) is 15.1 Å². The van der Waals surface area contributed by atoms with Crippen LogP contribution in [-0.4, -0.2) is 34.1 Å². The third-order valence-electron chi connectivity index (χ3n) is 4.44. The van der Waals surface area contributed by atoms with Gasteiger partial charge >= 0.3 is 0 Å². The molecule has 1 atom stereocenters. The Morgan fingerprint density at radius 2 is 1.88 bits per heavy atom. The predicted molar refractivity (Wildman–Crippen MR) is 99.2 cm³/mol. The van der Waals surface area contributed by atoms with Gasteiger partial charge in [0.2, 0.25) is 0 Å². The molecule has 5 nitrogen and oxygen atoms in total. The minimum atomic E-state index is 0.116. The molecule has 0 aliphatic heterocycles. The molecule has 0 aliphatic rings. The molecule has 5 heteroatoms. The highest BCUT2D eigenvalue weighted by Gasteiger charge is 2.15. The van der Waals surface area contributed by atoms with Gasteiger partial charge in [0.1, 0.15) is 0 Å². The number of aromatic nitrogens is 2. The molecule has 2 rings (SSSR count). The Morgan fingerprint density at radius 3 is 2.50 bits per heavy atom. The second-order valence-electron chi connectivity index (χ2n) is 6.59. The molecule has 1 aromatic carbocycles. The standard InChI is InChI=1S/C19H30N4O/c1-14(2)19(21-17-8-6-5-7-9-17)13-20-12-18-15(3)22-23(10-11-24)16(18)4/h5-9,14,19-21,24H,10-13H2,1-4H3. The highest BCUT2D eigenvalue weighted by Crippen LogP contribution is 2.14. The van der Waals surface area contributed by atoms with Crippen LogP contribution in [0.15, 0.2) is 30.3 Å². The lowest BCUT2D eigenvalue weighted by Gasteiger charge is -2.24. The second-order valence-corrected chi connectivity index (χ2v) is 6.59. The maximum absolute atomic E-state index is 9.11. The smallest absolute Gasteiger partial charge is 0.0644 e. The van der Waals surface area contributed by atoms with Crippen LogP contribution < -0.4 is 10.6 Å². The predicted octanol–water partition coefficient (Wildman–Crippen LogP) is 2.72. The number of aryl methyl sites for hydroxylation is 1. The number of nitrogens with one attached hydrogen (secondary N) is 2. The minimum Gasteiger partial charge on any atom is -0.394 e. The van der Waals surface area contributed by atoms with Crippen LogP contribution >= 0.6 is 0 Å². The highest BCUT2D eigenvalue weighted by molar-refractivity contribution is 5.43. The largest absolute Gasteiger partial charge is 0.394 e. The summed E-state index contributed by atoms with van der Waals surface area (Å²) in [5.41, 5.74) is 4.54. The van der Waals surface area contributed by atoms with Crippen LogP contribution in [0.1, 0.15) is 30.8 Å². The van der Waals surface area contributed by atoms with Gasteiger partial charge in [-0.1, -0.05) is 32.0 Å². The number of aliphatic hydroxyl groups is 1. The highest BCUT2D eigenvalue weighted by atomic mass is 16.3. The van der Waals surface area contributed by atoms with Crippen molar-refractivity contribution < 1.29 is 5.11 Å². The van der Waals surface area contributed by atoms with Gasteiger partial charge in [-0.15, -0.1) is 0 Å². The van der Waals surface area contributed by atoms with Gasteiger partial charge in [0.05, 0.1) is 18.8 Å². The molecule has 0 saturated carbocycles. The fraction of sp³-hybridized carbons (Fsp3) is 0.526. The van der Waals surface area contributed by atoms with E-state index < -0.39 is 0 Å². The number of benzene rings is 1. The topological polar surface area (TPSA) is 62.1 Å². The van der Waals surface area contributed by atoms with Gasteiger partial charge in [-0.2, -0.15) is 5.10 Å². The first kappa shape index (κ1) is 18.5. The zero-order valence-electron chi connectivity index (χ0n) is 15.2. The van der Waals surface area contributed by atoms with E-state index in [1.54, 1.807) is 0 Å². The molecule has 132 valence electrons. The van der Waals surface area contributed by atoms with Crippen molar-refractivity contribution >= 4 is 5.69 Å². The fourth-order valence-electron chi connectivity index (χ4n) is 2.86. The molecule has 0 amide bonds. The first-order valence-corrected chi connectivity index (χ1v) is 8.69. The Labute approximate surface area is 145 Å². The van der Waals surface area contributed by atoms with Gasteiger partial charge in [0.25, 0.3) is 0 Å². The van der Waals surface area contributed by atoms with Gasteiger partial charge in [-0.05, 0) is 31.9 Å². The lowest BCUT2D eigenvalue weighted by Crippen LogP contribution is -2.36. The average molecular weight is 330 g/mol. The van der Waals surface area contributed by atoms with Crippen LogP contribution in [0.4, 0.5) is 5.69 Å². The molecule has 1 heterocycles. The molecule has 3 N–H and O–H groups in total. The number of hydrogen-bond donors (Lipinski definition) is 3. The normalized spacial score (nSPS) is 12.6. The van der Waals surface area contributed by atoms with Gasteiger partial charge in [-0.3, -0.25) is 4.68 Å². The lowest BCUT2D eigenvalue weighted by molar-refractivity contribution is 0.267. The molecule has 2 aromatic rings. The third kappa shape index (κ3) is 4.82. The van der Waals surface area contributed by atoms with E-state index in [2.05, 4.69) is 60.8 Å². The molecule has 1 unspecified atom stereocenters. The van der Waals surface area contributed by atoms with Crippen molar-refractivity contribution in [2.45, 2.75) is 46.8 Å². The van der Waals surface area contributed by atoms with Crippen molar-refractivity contribution in [2.24, 2.45) is 5.92 Å². The summed E-state index contributed by atoms with van der Waals surface area (Å²) in [6.45, 7) is 10.9. The maximum atomic E-state index is 9.11. The van der Waals surface area contributed by atoms with Crippen molar-refractivity contribution in [3.05, 3.63) is 47.3 Å². The average Bonchev–Trinajstić information content (AvgIpc) is 2.82. The molecule has 24 heavy (non-hydrogen) atoms. The van der Waals surface area contributed by atoms with Crippen LogP contribution in [0.25, 0.3) is 0 Å². The van der Waals surface area contributed by atoms with Crippen LogP contribution in [0.2, 0.25) is 0 Å². The molecule has 0 saturated heterocycles. The van der Waals surface area contributed by atoms with E-state index in [9.17, 15) is 0 Å². The van der Waals surface area contributed by atoms with Crippen LogP contribution in [0.5, 0.6) is 0 Å². The third-order valence-corrected chi connectivity index (χ3v) is 4.44. The molecule has 0 bridgehead atoms. The molecular formula is C19H30N4O. The summed E-state index contributed by atoms with van der Waals surface area (Å²) in [6, 6.07) is 10.7. The summed E-state index contributed by atoms with van der Waals surface area (Å²) < 4.78 is 1.88. The Hall–Kier alpha value is -1.85. The molecule has 0 fully saturated rings. The first-order chi connectivity index (χ1) is 11.5. The summed E-state index contributed by atoms with van der Waals surface area (Å²) in [5.74, 6) is 0.525. The van der Waals surface area contributed by atoms with Crippen molar-refractivity contribution in [1.29, 1.82) is 0 Å².